The van der Waals surface area contributed by atoms with E-state index < -0.39 is 41.9 Å². The molecule has 0 fully saturated rings. The van der Waals surface area contributed by atoms with Gasteiger partial charge in [-0.25, -0.2) is 13.8 Å². The molecule has 0 amide bonds. The third-order valence-electron chi connectivity index (χ3n) is 1.94. The summed E-state index contributed by atoms with van der Waals surface area (Å²) in [6.45, 7) is -0.637. The minimum atomic E-state index is -5.06. The number of ether oxygens (including phenoxy) is 1. The van der Waals surface area contributed by atoms with Crippen molar-refractivity contribution in [1.82, 2.24) is 4.98 Å². The number of nitrogens with two attached hydrogens (primary N) is 1. The maximum atomic E-state index is 12.7. The predicted octanol–water partition coefficient (Wildman–Crippen LogP) is 2.25. The Kier molecular flexibility index (Phi) is 4.03. The van der Waals surface area contributed by atoms with Gasteiger partial charge in [0.15, 0.2) is 5.75 Å². The Bertz CT molecular complexity index is 480. The van der Waals surface area contributed by atoms with Crippen LogP contribution < -0.4 is 10.5 Å². The van der Waals surface area contributed by atoms with E-state index in [1.165, 1.54) is 6.07 Å². The van der Waals surface area contributed by atoms with Crippen molar-refractivity contribution in [2.24, 2.45) is 5.73 Å². The van der Waals surface area contributed by atoms with Crippen molar-refractivity contribution in [3.8, 4) is 11.8 Å². The molecule has 0 saturated heterocycles. The first kappa shape index (κ1) is 14.1. The SMILES string of the molecule is N#Cc1ncc(OC(F)(F)F)c(CN)c1C(F)F. The molecule has 0 aliphatic carbocycles. The molecular formula is C9H6F5N3O. The molecule has 0 spiro atoms. The van der Waals surface area contributed by atoms with E-state index in [0.29, 0.717) is 6.20 Å². The van der Waals surface area contributed by atoms with Gasteiger partial charge in [0.25, 0.3) is 6.43 Å². The normalized spacial score (nSPS) is 11.4. The summed E-state index contributed by atoms with van der Waals surface area (Å²) in [5.74, 6) is -0.931. The number of hydrogen-bond donors (Lipinski definition) is 1. The zero-order valence-electron chi connectivity index (χ0n) is 8.63. The molecule has 0 radical (unpaired) electrons. The Morgan fingerprint density at radius 1 is 1.44 bits per heavy atom. The number of halogens is 5. The van der Waals surface area contributed by atoms with Gasteiger partial charge in [-0.15, -0.1) is 13.2 Å². The second-order valence-electron chi connectivity index (χ2n) is 3.03. The number of rotatable bonds is 3. The van der Waals surface area contributed by atoms with Crippen LogP contribution >= 0.6 is 0 Å². The van der Waals surface area contributed by atoms with E-state index in [4.69, 9.17) is 11.0 Å². The minimum absolute atomic E-state index is 0.542. The quantitative estimate of drug-likeness (QED) is 0.852. The van der Waals surface area contributed by atoms with Crippen molar-refractivity contribution < 1.29 is 26.7 Å². The highest BCUT2D eigenvalue weighted by molar-refractivity contribution is 5.46. The summed E-state index contributed by atoms with van der Waals surface area (Å²) in [6, 6.07) is 1.36. The zero-order valence-corrected chi connectivity index (χ0v) is 8.63. The van der Waals surface area contributed by atoms with E-state index in [-0.39, 0.29) is 0 Å². The number of nitrogens with zero attached hydrogens (tertiary/aromatic N) is 2. The summed E-state index contributed by atoms with van der Waals surface area (Å²) < 4.78 is 65.0. The lowest BCUT2D eigenvalue weighted by molar-refractivity contribution is -0.275. The predicted molar refractivity (Wildman–Crippen MR) is 48.5 cm³/mol. The van der Waals surface area contributed by atoms with E-state index in [1.54, 1.807) is 0 Å². The molecule has 0 aromatic carbocycles. The summed E-state index contributed by atoms with van der Waals surface area (Å²) in [5, 5.41) is 8.56. The molecule has 0 unspecified atom stereocenters. The average molecular weight is 267 g/mol. The highest BCUT2D eigenvalue weighted by Gasteiger charge is 2.34. The van der Waals surface area contributed by atoms with Crippen molar-refractivity contribution >= 4 is 0 Å². The summed E-state index contributed by atoms with van der Waals surface area (Å²) in [5.41, 5.74) is 2.90. The molecule has 0 aliphatic rings. The van der Waals surface area contributed by atoms with Crippen molar-refractivity contribution in [3.05, 3.63) is 23.0 Å². The fourth-order valence-corrected chi connectivity index (χ4v) is 1.29. The van der Waals surface area contributed by atoms with Crippen LogP contribution in [0.5, 0.6) is 5.75 Å². The van der Waals surface area contributed by atoms with Crippen LogP contribution in [0.15, 0.2) is 6.20 Å². The molecule has 1 aromatic rings. The molecule has 9 heteroatoms. The summed E-state index contributed by atoms with van der Waals surface area (Å²) in [7, 11) is 0. The molecule has 18 heavy (non-hydrogen) atoms. The standard InChI is InChI=1S/C9H6F5N3O/c10-8(11)7-4(1-15)6(18-9(12,13)14)3-17-5(7)2-16/h3,8H,1,15H2. The van der Waals surface area contributed by atoms with E-state index in [9.17, 15) is 22.0 Å². The first-order valence-electron chi connectivity index (χ1n) is 4.46. The lowest BCUT2D eigenvalue weighted by atomic mass is 10.1. The van der Waals surface area contributed by atoms with Crippen LogP contribution in [0.25, 0.3) is 0 Å². The van der Waals surface area contributed by atoms with Crippen molar-refractivity contribution in [2.45, 2.75) is 19.3 Å². The number of hydrogen-bond acceptors (Lipinski definition) is 4. The highest BCUT2D eigenvalue weighted by atomic mass is 19.4. The van der Waals surface area contributed by atoms with Crippen LogP contribution in [0.1, 0.15) is 23.2 Å². The summed E-state index contributed by atoms with van der Waals surface area (Å²) in [4.78, 5) is 3.19. The number of pyridine rings is 1. The molecule has 0 saturated carbocycles. The van der Waals surface area contributed by atoms with Crippen LogP contribution in [-0.4, -0.2) is 11.3 Å². The third kappa shape index (κ3) is 3.04. The Balaban J connectivity index is 3.39. The summed E-state index contributed by atoms with van der Waals surface area (Å²) in [6.07, 6.45) is -7.69. The maximum absolute atomic E-state index is 12.7. The average Bonchev–Trinajstić information content (AvgIpc) is 2.26. The Morgan fingerprint density at radius 3 is 2.44 bits per heavy atom. The second-order valence-corrected chi connectivity index (χ2v) is 3.03. The molecule has 1 heterocycles. The van der Waals surface area contributed by atoms with E-state index in [2.05, 4.69) is 9.72 Å². The lowest BCUT2D eigenvalue weighted by Gasteiger charge is -2.15. The number of alkyl halides is 5. The van der Waals surface area contributed by atoms with Crippen LogP contribution in [0.4, 0.5) is 22.0 Å². The molecule has 2 N–H and O–H groups in total. The molecule has 0 aliphatic heterocycles. The number of aromatic nitrogens is 1. The van der Waals surface area contributed by atoms with Gasteiger partial charge in [-0.05, 0) is 0 Å². The minimum Gasteiger partial charge on any atom is -0.404 e. The van der Waals surface area contributed by atoms with Gasteiger partial charge in [0.05, 0.1) is 11.8 Å². The van der Waals surface area contributed by atoms with Crippen LogP contribution in [0.2, 0.25) is 0 Å². The van der Waals surface area contributed by atoms with Crippen LogP contribution in [-0.2, 0) is 6.54 Å². The van der Waals surface area contributed by atoms with Crippen LogP contribution in [0.3, 0.4) is 0 Å². The highest BCUT2D eigenvalue weighted by Crippen LogP contribution is 2.33. The van der Waals surface area contributed by atoms with E-state index in [1.807, 2.05) is 0 Å². The van der Waals surface area contributed by atoms with Gasteiger partial charge in [-0.1, -0.05) is 0 Å². The molecule has 0 bridgehead atoms. The van der Waals surface area contributed by atoms with Gasteiger partial charge < -0.3 is 10.5 Å². The van der Waals surface area contributed by atoms with Gasteiger partial charge in [-0.3, -0.25) is 0 Å². The first-order chi connectivity index (χ1) is 8.30. The third-order valence-corrected chi connectivity index (χ3v) is 1.94. The van der Waals surface area contributed by atoms with Gasteiger partial charge in [0, 0.05) is 12.1 Å². The Labute approximate surface area is 97.8 Å². The van der Waals surface area contributed by atoms with Crippen molar-refractivity contribution in [3.63, 3.8) is 0 Å². The van der Waals surface area contributed by atoms with Gasteiger partial charge >= 0.3 is 6.36 Å². The topological polar surface area (TPSA) is 71.9 Å². The zero-order chi connectivity index (χ0) is 13.9. The largest absolute Gasteiger partial charge is 0.573 e. The van der Waals surface area contributed by atoms with Crippen LogP contribution in [0, 0.1) is 11.3 Å². The van der Waals surface area contributed by atoms with E-state index in [0.717, 1.165) is 0 Å². The Morgan fingerprint density at radius 2 is 2.06 bits per heavy atom. The fraction of sp³-hybridized carbons (Fsp3) is 0.333. The van der Waals surface area contributed by atoms with Gasteiger partial charge in [0.2, 0.25) is 0 Å². The fourth-order valence-electron chi connectivity index (χ4n) is 1.29. The number of nitriles is 1. The second kappa shape index (κ2) is 5.14. The molecule has 1 rings (SSSR count). The Hall–Kier alpha value is -1.95. The molecular weight excluding hydrogens is 261 g/mol. The van der Waals surface area contributed by atoms with Crippen molar-refractivity contribution in [2.75, 3.05) is 0 Å². The maximum Gasteiger partial charge on any atom is 0.573 e. The van der Waals surface area contributed by atoms with Gasteiger partial charge in [0.1, 0.15) is 11.8 Å². The molecule has 4 nitrogen and oxygen atoms in total. The van der Waals surface area contributed by atoms with Crippen molar-refractivity contribution in [1.29, 1.82) is 5.26 Å². The van der Waals surface area contributed by atoms with Gasteiger partial charge in [-0.2, -0.15) is 5.26 Å². The molecule has 98 valence electrons. The summed E-state index contributed by atoms with van der Waals surface area (Å²) >= 11 is 0. The molecule has 0 atom stereocenters. The monoisotopic (exact) mass is 267 g/mol. The first-order valence-corrected chi connectivity index (χ1v) is 4.46. The van der Waals surface area contributed by atoms with E-state index >= 15 is 0 Å². The molecule has 1 aromatic heterocycles. The smallest absolute Gasteiger partial charge is 0.404 e. The lowest BCUT2D eigenvalue weighted by Crippen LogP contribution is -2.20.